The van der Waals surface area contributed by atoms with Gasteiger partial charge in [-0.2, -0.15) is 0 Å². The average Bonchev–Trinajstić information content (AvgIpc) is 2.16. The van der Waals surface area contributed by atoms with Crippen LogP contribution in [0.5, 0.6) is 0 Å². The maximum absolute atomic E-state index is 6.20. The molecule has 2 nitrogen and oxygen atoms in total. The van der Waals surface area contributed by atoms with Gasteiger partial charge in [-0.25, -0.2) is 0 Å². The van der Waals surface area contributed by atoms with Crippen LogP contribution in [0.4, 0.5) is 11.4 Å². The van der Waals surface area contributed by atoms with Crippen LogP contribution >= 0.6 is 0 Å². The molecular weight excluding hydrogens is 196 g/mol. The zero-order valence-corrected chi connectivity index (χ0v) is 10.9. The summed E-state index contributed by atoms with van der Waals surface area (Å²) in [5.41, 5.74) is 16.3. The van der Waals surface area contributed by atoms with Crippen molar-refractivity contribution in [2.45, 2.75) is 40.5 Å². The van der Waals surface area contributed by atoms with Crippen LogP contribution in [-0.2, 0) is 12.8 Å². The summed E-state index contributed by atoms with van der Waals surface area (Å²) in [6.45, 7) is 8.79. The number of nitrogens with two attached hydrogens (primary N) is 2. The van der Waals surface area contributed by atoms with E-state index in [2.05, 4.69) is 33.8 Å². The zero-order chi connectivity index (χ0) is 12.3. The maximum Gasteiger partial charge on any atom is 0.0400 e. The van der Waals surface area contributed by atoms with Gasteiger partial charge in [-0.15, -0.1) is 0 Å². The highest BCUT2D eigenvalue weighted by Crippen LogP contribution is 2.28. The summed E-state index contributed by atoms with van der Waals surface area (Å²) < 4.78 is 0. The van der Waals surface area contributed by atoms with Crippen molar-refractivity contribution in [1.29, 1.82) is 0 Å². The smallest absolute Gasteiger partial charge is 0.0400 e. The highest BCUT2D eigenvalue weighted by Gasteiger charge is 2.11. The van der Waals surface area contributed by atoms with E-state index in [0.717, 1.165) is 29.8 Å². The van der Waals surface area contributed by atoms with Gasteiger partial charge in [0.1, 0.15) is 0 Å². The molecular formula is C14H24N2. The number of anilines is 2. The molecule has 4 N–H and O–H groups in total. The molecule has 0 amide bonds. The Bertz CT molecular complexity index is 354. The maximum atomic E-state index is 6.20. The second kappa shape index (κ2) is 5.24. The van der Waals surface area contributed by atoms with E-state index in [1.54, 1.807) is 0 Å². The predicted molar refractivity (Wildman–Crippen MR) is 72.4 cm³/mol. The lowest BCUT2D eigenvalue weighted by molar-refractivity contribution is 0.639. The second-order valence-corrected chi connectivity index (χ2v) is 5.40. The Kier molecular flexibility index (Phi) is 4.22. The molecule has 1 rings (SSSR count). The van der Waals surface area contributed by atoms with E-state index in [-0.39, 0.29) is 0 Å². The minimum Gasteiger partial charge on any atom is -0.398 e. The third-order valence-corrected chi connectivity index (χ3v) is 2.72. The van der Waals surface area contributed by atoms with Crippen LogP contribution in [0.1, 0.15) is 38.8 Å². The Morgan fingerprint density at radius 3 is 2.00 bits per heavy atom. The van der Waals surface area contributed by atoms with Crippen LogP contribution in [0, 0.1) is 11.8 Å². The molecule has 0 radical (unpaired) electrons. The van der Waals surface area contributed by atoms with E-state index in [4.69, 9.17) is 11.5 Å². The van der Waals surface area contributed by atoms with Crippen LogP contribution in [0.3, 0.4) is 0 Å². The number of hydrogen-bond donors (Lipinski definition) is 2. The van der Waals surface area contributed by atoms with Crippen molar-refractivity contribution in [3.63, 3.8) is 0 Å². The molecule has 0 unspecified atom stereocenters. The van der Waals surface area contributed by atoms with Gasteiger partial charge < -0.3 is 11.5 Å². The molecule has 0 spiro atoms. The minimum absolute atomic E-state index is 0.582. The molecule has 0 heterocycles. The van der Waals surface area contributed by atoms with Crippen LogP contribution in [0.2, 0.25) is 0 Å². The summed E-state index contributed by atoms with van der Waals surface area (Å²) in [7, 11) is 0. The fraction of sp³-hybridized carbons (Fsp3) is 0.571. The Balaban J connectivity index is 3.06. The van der Waals surface area contributed by atoms with Crippen LogP contribution in [0.25, 0.3) is 0 Å². The molecule has 0 aliphatic heterocycles. The summed E-state index contributed by atoms with van der Waals surface area (Å²) in [6, 6.07) is 4.06. The van der Waals surface area contributed by atoms with Gasteiger partial charge >= 0.3 is 0 Å². The molecule has 1 aromatic carbocycles. The van der Waals surface area contributed by atoms with Crippen molar-refractivity contribution in [1.82, 2.24) is 0 Å². The summed E-state index contributed by atoms with van der Waals surface area (Å²) >= 11 is 0. The van der Waals surface area contributed by atoms with Gasteiger partial charge in [0.25, 0.3) is 0 Å². The predicted octanol–water partition coefficient (Wildman–Crippen LogP) is 3.25. The second-order valence-electron chi connectivity index (χ2n) is 5.40. The van der Waals surface area contributed by atoms with Gasteiger partial charge in [0.05, 0.1) is 0 Å². The number of nitrogen functional groups attached to an aromatic ring is 2. The van der Waals surface area contributed by atoms with E-state index in [1.807, 2.05) is 6.07 Å². The highest BCUT2D eigenvalue weighted by atomic mass is 14.6. The molecule has 0 fully saturated rings. The molecule has 0 aromatic heterocycles. The van der Waals surface area contributed by atoms with Gasteiger partial charge in [0.15, 0.2) is 0 Å². The van der Waals surface area contributed by atoms with E-state index in [0.29, 0.717) is 11.8 Å². The first kappa shape index (κ1) is 12.9. The molecule has 16 heavy (non-hydrogen) atoms. The molecule has 1 aromatic rings. The lowest BCUT2D eigenvalue weighted by Gasteiger charge is -2.16. The Morgan fingerprint density at radius 2 is 1.50 bits per heavy atom. The van der Waals surface area contributed by atoms with E-state index < -0.39 is 0 Å². The summed E-state index contributed by atoms with van der Waals surface area (Å²) in [6.07, 6.45) is 1.99. The number of rotatable bonds is 4. The van der Waals surface area contributed by atoms with Gasteiger partial charge in [0.2, 0.25) is 0 Å². The zero-order valence-electron chi connectivity index (χ0n) is 10.9. The fourth-order valence-electron chi connectivity index (χ4n) is 1.98. The van der Waals surface area contributed by atoms with Crippen LogP contribution in [0.15, 0.2) is 12.1 Å². The third kappa shape index (κ3) is 3.16. The van der Waals surface area contributed by atoms with Crippen molar-refractivity contribution in [3.8, 4) is 0 Å². The minimum atomic E-state index is 0.582. The summed E-state index contributed by atoms with van der Waals surface area (Å²) in [4.78, 5) is 0. The van der Waals surface area contributed by atoms with Crippen molar-refractivity contribution in [2.24, 2.45) is 11.8 Å². The molecule has 0 atom stereocenters. The Morgan fingerprint density at radius 1 is 0.938 bits per heavy atom. The van der Waals surface area contributed by atoms with E-state index in [9.17, 15) is 0 Å². The van der Waals surface area contributed by atoms with Gasteiger partial charge in [-0.1, -0.05) is 33.8 Å². The van der Waals surface area contributed by atoms with Crippen molar-refractivity contribution in [3.05, 3.63) is 23.3 Å². The molecule has 0 aliphatic rings. The molecule has 90 valence electrons. The molecule has 0 aliphatic carbocycles. The monoisotopic (exact) mass is 220 g/mol. The molecule has 0 saturated heterocycles. The molecule has 0 bridgehead atoms. The van der Waals surface area contributed by atoms with Crippen LogP contribution < -0.4 is 11.5 Å². The Labute approximate surface area is 99.0 Å². The van der Waals surface area contributed by atoms with E-state index >= 15 is 0 Å². The van der Waals surface area contributed by atoms with Crippen molar-refractivity contribution >= 4 is 11.4 Å². The van der Waals surface area contributed by atoms with Crippen molar-refractivity contribution in [2.75, 3.05) is 11.5 Å². The SMILES string of the molecule is CC(C)Cc1ccc(N)c(CC(C)C)c1N. The Hall–Kier alpha value is -1.18. The third-order valence-electron chi connectivity index (χ3n) is 2.72. The lowest BCUT2D eigenvalue weighted by Crippen LogP contribution is -2.08. The molecule has 2 heteroatoms. The normalized spacial score (nSPS) is 11.4. The van der Waals surface area contributed by atoms with Gasteiger partial charge in [-0.05, 0) is 41.9 Å². The topological polar surface area (TPSA) is 52.0 Å². The highest BCUT2D eigenvalue weighted by molar-refractivity contribution is 5.65. The standard InChI is InChI=1S/C14H24N2/c1-9(2)7-11-5-6-13(15)12(14(11)16)8-10(3)4/h5-6,9-10H,7-8,15-16H2,1-4H3. The molecule has 0 saturated carbocycles. The largest absolute Gasteiger partial charge is 0.398 e. The first-order valence-corrected chi connectivity index (χ1v) is 6.07. The quantitative estimate of drug-likeness (QED) is 0.765. The first-order valence-electron chi connectivity index (χ1n) is 6.07. The lowest BCUT2D eigenvalue weighted by atomic mass is 9.93. The van der Waals surface area contributed by atoms with Crippen LogP contribution in [-0.4, -0.2) is 0 Å². The summed E-state index contributed by atoms with van der Waals surface area (Å²) in [5.74, 6) is 1.21. The number of hydrogen-bond acceptors (Lipinski definition) is 2. The number of benzene rings is 1. The van der Waals surface area contributed by atoms with E-state index in [1.165, 1.54) is 5.56 Å². The summed E-state index contributed by atoms with van der Waals surface area (Å²) in [5, 5.41) is 0. The fourth-order valence-corrected chi connectivity index (χ4v) is 1.98. The van der Waals surface area contributed by atoms with Gasteiger partial charge in [0, 0.05) is 11.4 Å². The van der Waals surface area contributed by atoms with Gasteiger partial charge in [-0.3, -0.25) is 0 Å². The first-order chi connectivity index (χ1) is 7.41. The average molecular weight is 220 g/mol. The van der Waals surface area contributed by atoms with Crippen molar-refractivity contribution < 1.29 is 0 Å².